The molecule has 1 amide bonds. The standard InChI is InChI=1S/C26H23N3O5S/c1-5-34-25(32)19-14(2)27-26-29(21(19)15-9-8-10-16(13-15)33-4)24(31)22(35-26)20-17-11-6-7-12-18(17)28(3)23(20)30/h6-13,21H,5H2,1-4H3/b22-20-/t21-/m1/s1. The Bertz CT molecular complexity index is 1600. The summed E-state index contributed by atoms with van der Waals surface area (Å²) in [6.45, 7) is 3.64. The summed E-state index contributed by atoms with van der Waals surface area (Å²) in [6.07, 6.45) is 0. The van der Waals surface area contributed by atoms with Crippen molar-refractivity contribution in [2.45, 2.75) is 19.9 Å². The number of ether oxygens (including phenoxy) is 2. The average molecular weight is 490 g/mol. The van der Waals surface area contributed by atoms with Gasteiger partial charge in [0.1, 0.15) is 10.3 Å². The van der Waals surface area contributed by atoms with Crippen LogP contribution in [0.1, 0.15) is 31.0 Å². The maximum Gasteiger partial charge on any atom is 0.338 e. The summed E-state index contributed by atoms with van der Waals surface area (Å²) < 4.78 is 12.5. The number of carbonyl (C=O) groups excluding carboxylic acids is 2. The molecule has 178 valence electrons. The predicted octanol–water partition coefficient (Wildman–Crippen LogP) is 2.15. The minimum absolute atomic E-state index is 0.187. The summed E-state index contributed by atoms with van der Waals surface area (Å²) in [5, 5.41) is 0. The summed E-state index contributed by atoms with van der Waals surface area (Å²) in [4.78, 5) is 46.7. The average Bonchev–Trinajstić information content (AvgIpc) is 3.31. The number of esters is 1. The SMILES string of the molecule is CCOC(=O)C1=C(C)N=c2s/c(=C3\C(=O)N(C)c4ccccc43)c(=O)n2[C@@H]1c1cccc(OC)c1. The minimum atomic E-state index is -0.778. The highest BCUT2D eigenvalue weighted by molar-refractivity contribution is 7.07. The zero-order valence-corrected chi connectivity index (χ0v) is 20.5. The van der Waals surface area contributed by atoms with E-state index < -0.39 is 12.0 Å². The molecule has 1 atom stereocenters. The van der Waals surface area contributed by atoms with Crippen LogP contribution < -0.4 is 24.5 Å². The number of likely N-dealkylation sites (N-methyl/N-ethyl adjacent to an activating group) is 1. The van der Waals surface area contributed by atoms with Gasteiger partial charge in [-0.25, -0.2) is 9.79 Å². The second kappa shape index (κ2) is 8.66. The number of anilines is 1. The number of allylic oxidation sites excluding steroid dienone is 1. The van der Waals surface area contributed by atoms with E-state index in [0.29, 0.717) is 32.9 Å². The van der Waals surface area contributed by atoms with Crippen LogP contribution in [0.4, 0.5) is 5.69 Å². The highest BCUT2D eigenvalue weighted by Gasteiger charge is 2.36. The van der Waals surface area contributed by atoms with Gasteiger partial charge in [0.25, 0.3) is 11.5 Å². The third-order valence-corrected chi connectivity index (χ3v) is 7.24. The lowest BCUT2D eigenvalue weighted by atomic mass is 9.95. The summed E-state index contributed by atoms with van der Waals surface area (Å²) in [7, 11) is 3.24. The molecule has 35 heavy (non-hydrogen) atoms. The van der Waals surface area contributed by atoms with Crippen LogP contribution in [0.25, 0.3) is 5.57 Å². The fraction of sp³-hybridized carbons (Fsp3) is 0.231. The number of fused-ring (bicyclic) bond motifs is 2. The fourth-order valence-corrected chi connectivity index (χ4v) is 5.69. The first-order chi connectivity index (χ1) is 16.9. The van der Waals surface area contributed by atoms with Gasteiger partial charge in [0.15, 0.2) is 4.80 Å². The van der Waals surface area contributed by atoms with E-state index in [2.05, 4.69) is 4.99 Å². The van der Waals surface area contributed by atoms with Crippen LogP contribution in [-0.4, -0.2) is 37.2 Å². The third-order valence-electron chi connectivity index (χ3n) is 6.18. The van der Waals surface area contributed by atoms with Gasteiger partial charge >= 0.3 is 5.97 Å². The molecule has 9 heteroatoms. The number of benzene rings is 2. The molecule has 0 bridgehead atoms. The number of para-hydroxylation sites is 1. The van der Waals surface area contributed by atoms with Gasteiger partial charge in [-0.05, 0) is 37.6 Å². The Morgan fingerprint density at radius 2 is 1.91 bits per heavy atom. The zero-order chi connectivity index (χ0) is 24.9. The highest BCUT2D eigenvalue weighted by atomic mass is 32.1. The monoisotopic (exact) mass is 489 g/mol. The number of nitrogens with zero attached hydrogens (tertiary/aromatic N) is 3. The van der Waals surface area contributed by atoms with Crippen molar-refractivity contribution in [3.05, 3.63) is 90.6 Å². The van der Waals surface area contributed by atoms with E-state index in [1.54, 1.807) is 46.2 Å². The number of aromatic nitrogens is 1. The van der Waals surface area contributed by atoms with Crippen LogP contribution in [0, 0.1) is 0 Å². The third kappa shape index (κ3) is 3.50. The fourth-order valence-electron chi connectivity index (χ4n) is 4.56. The van der Waals surface area contributed by atoms with Crippen molar-refractivity contribution in [3.63, 3.8) is 0 Å². The second-order valence-corrected chi connectivity index (χ2v) is 9.13. The molecule has 5 rings (SSSR count). The molecule has 1 aromatic heterocycles. The number of carbonyl (C=O) groups is 2. The summed E-state index contributed by atoms with van der Waals surface area (Å²) in [6, 6.07) is 13.8. The van der Waals surface area contributed by atoms with Crippen molar-refractivity contribution >= 4 is 34.5 Å². The van der Waals surface area contributed by atoms with E-state index in [-0.39, 0.29) is 28.2 Å². The van der Waals surface area contributed by atoms with Crippen molar-refractivity contribution in [2.24, 2.45) is 4.99 Å². The van der Waals surface area contributed by atoms with Crippen molar-refractivity contribution < 1.29 is 19.1 Å². The van der Waals surface area contributed by atoms with Crippen molar-refractivity contribution in [1.82, 2.24) is 4.57 Å². The van der Waals surface area contributed by atoms with Gasteiger partial charge in [0, 0.05) is 12.6 Å². The molecule has 8 nitrogen and oxygen atoms in total. The minimum Gasteiger partial charge on any atom is -0.497 e. The molecule has 0 fully saturated rings. The molecular formula is C26H23N3O5S. The Balaban J connectivity index is 1.83. The van der Waals surface area contributed by atoms with Crippen LogP contribution in [0.15, 0.2) is 69.6 Å². The van der Waals surface area contributed by atoms with Gasteiger partial charge in [0.05, 0.1) is 42.3 Å². The normalized spacial score (nSPS) is 18.2. The molecule has 0 aliphatic carbocycles. The molecular weight excluding hydrogens is 466 g/mol. The molecule has 0 saturated heterocycles. The molecule has 3 heterocycles. The van der Waals surface area contributed by atoms with E-state index in [1.165, 1.54) is 9.47 Å². The van der Waals surface area contributed by atoms with Gasteiger partial charge in [-0.2, -0.15) is 0 Å². The van der Waals surface area contributed by atoms with Gasteiger partial charge in [-0.1, -0.05) is 41.7 Å². The first kappa shape index (κ1) is 22.8. The molecule has 0 radical (unpaired) electrons. The number of rotatable bonds is 4. The van der Waals surface area contributed by atoms with Crippen LogP contribution >= 0.6 is 11.3 Å². The van der Waals surface area contributed by atoms with Crippen molar-refractivity contribution in [2.75, 3.05) is 25.7 Å². The van der Waals surface area contributed by atoms with Gasteiger partial charge < -0.3 is 14.4 Å². The first-order valence-electron chi connectivity index (χ1n) is 11.1. The van der Waals surface area contributed by atoms with E-state index in [4.69, 9.17) is 9.47 Å². The van der Waals surface area contributed by atoms with Gasteiger partial charge in [-0.15, -0.1) is 0 Å². The zero-order valence-electron chi connectivity index (χ0n) is 19.7. The smallest absolute Gasteiger partial charge is 0.338 e. The first-order valence-corrected chi connectivity index (χ1v) is 11.9. The molecule has 2 aliphatic rings. The number of hydrogen-bond acceptors (Lipinski definition) is 7. The molecule has 0 saturated carbocycles. The van der Waals surface area contributed by atoms with E-state index in [1.807, 2.05) is 30.3 Å². The second-order valence-electron chi connectivity index (χ2n) is 8.16. The molecule has 0 spiro atoms. The molecule has 3 aromatic rings. The van der Waals surface area contributed by atoms with Crippen LogP contribution in [0.2, 0.25) is 0 Å². The number of thiazole rings is 1. The van der Waals surface area contributed by atoms with Gasteiger partial charge in [0.2, 0.25) is 0 Å². The van der Waals surface area contributed by atoms with Crippen LogP contribution in [0.3, 0.4) is 0 Å². The number of amides is 1. The van der Waals surface area contributed by atoms with E-state index in [9.17, 15) is 14.4 Å². The maximum absolute atomic E-state index is 13.9. The molecule has 2 aliphatic heterocycles. The summed E-state index contributed by atoms with van der Waals surface area (Å²) >= 11 is 1.15. The van der Waals surface area contributed by atoms with Crippen LogP contribution in [0.5, 0.6) is 5.75 Å². The maximum atomic E-state index is 13.9. The molecule has 2 aromatic carbocycles. The highest BCUT2D eigenvalue weighted by Crippen LogP contribution is 2.35. The van der Waals surface area contributed by atoms with E-state index >= 15 is 0 Å². The van der Waals surface area contributed by atoms with Crippen LogP contribution in [-0.2, 0) is 14.3 Å². The number of methoxy groups -OCH3 is 1. The largest absolute Gasteiger partial charge is 0.497 e. The molecule has 0 N–H and O–H groups in total. The lowest BCUT2D eigenvalue weighted by molar-refractivity contribution is -0.139. The van der Waals surface area contributed by atoms with Crippen molar-refractivity contribution in [1.29, 1.82) is 0 Å². The summed E-state index contributed by atoms with van der Waals surface area (Å²) in [5.41, 5.74) is 2.81. The molecule has 0 unspecified atom stereocenters. The quantitative estimate of drug-likeness (QED) is 0.524. The summed E-state index contributed by atoms with van der Waals surface area (Å²) in [5.74, 6) is -0.205. The van der Waals surface area contributed by atoms with Gasteiger partial charge in [-0.3, -0.25) is 14.2 Å². The lowest BCUT2D eigenvalue weighted by Gasteiger charge is -2.25. The Hall–Kier alpha value is -3.98. The van der Waals surface area contributed by atoms with Crippen molar-refractivity contribution in [3.8, 4) is 5.75 Å². The Kier molecular flexibility index (Phi) is 5.64. The number of hydrogen-bond donors (Lipinski definition) is 0. The Morgan fingerprint density at radius 3 is 2.66 bits per heavy atom. The lowest BCUT2D eigenvalue weighted by Crippen LogP contribution is -2.40. The topological polar surface area (TPSA) is 90.2 Å². The van der Waals surface area contributed by atoms with E-state index in [0.717, 1.165) is 17.0 Å². The Labute approximate surface area is 205 Å². The predicted molar refractivity (Wildman–Crippen MR) is 132 cm³/mol. The Morgan fingerprint density at radius 1 is 1.14 bits per heavy atom.